The van der Waals surface area contributed by atoms with E-state index in [1.165, 1.54) is 0 Å². The molecular formula is C11H11F3O. The molecule has 1 nitrogen and oxygen atoms in total. The Bertz CT molecular complexity index is 316. The third-order valence-corrected chi connectivity index (χ3v) is 1.93. The number of halogens is 3. The van der Waals surface area contributed by atoms with Crippen LogP contribution in [-0.2, 0) is 11.2 Å². The molecule has 1 rings (SSSR count). The summed E-state index contributed by atoms with van der Waals surface area (Å²) in [6.07, 6.45) is -5.38. The van der Waals surface area contributed by atoms with Gasteiger partial charge in [0.25, 0.3) is 0 Å². The van der Waals surface area contributed by atoms with Gasteiger partial charge in [-0.05, 0) is 12.0 Å². The summed E-state index contributed by atoms with van der Waals surface area (Å²) in [5.74, 6) is -0.758. The monoisotopic (exact) mass is 216 g/mol. The predicted molar refractivity (Wildman–Crippen MR) is 50.4 cm³/mol. The van der Waals surface area contributed by atoms with Gasteiger partial charge in [0, 0.05) is 6.42 Å². The van der Waals surface area contributed by atoms with E-state index in [-0.39, 0.29) is 6.42 Å². The Morgan fingerprint density at radius 2 is 1.73 bits per heavy atom. The molecule has 0 aliphatic heterocycles. The van der Waals surface area contributed by atoms with Gasteiger partial charge in [0.2, 0.25) is 0 Å². The number of benzene rings is 1. The summed E-state index contributed by atoms with van der Waals surface area (Å²) >= 11 is 0. The molecule has 0 amide bonds. The van der Waals surface area contributed by atoms with Crippen LogP contribution in [0.3, 0.4) is 0 Å². The van der Waals surface area contributed by atoms with Crippen molar-refractivity contribution in [2.45, 2.75) is 25.4 Å². The fourth-order valence-corrected chi connectivity index (χ4v) is 1.24. The number of alkyl halides is 3. The Morgan fingerprint density at radius 1 is 1.13 bits per heavy atom. The quantitative estimate of drug-likeness (QED) is 0.755. The van der Waals surface area contributed by atoms with Crippen LogP contribution < -0.4 is 0 Å². The van der Waals surface area contributed by atoms with Gasteiger partial charge in [0.1, 0.15) is 12.2 Å². The lowest BCUT2D eigenvalue weighted by molar-refractivity contribution is -0.152. The van der Waals surface area contributed by atoms with Crippen molar-refractivity contribution in [3.8, 4) is 0 Å². The van der Waals surface area contributed by atoms with E-state index in [0.29, 0.717) is 6.42 Å². The molecular weight excluding hydrogens is 205 g/mol. The van der Waals surface area contributed by atoms with E-state index in [1.807, 2.05) is 6.07 Å². The molecule has 0 aliphatic rings. The van der Waals surface area contributed by atoms with Gasteiger partial charge in [-0.15, -0.1) is 0 Å². The SMILES string of the molecule is O=C(CCc1ccccc1)CC(F)(F)F. The maximum atomic E-state index is 11.8. The first kappa shape index (κ1) is 11.8. The minimum absolute atomic E-state index is 0.0521. The van der Waals surface area contributed by atoms with Gasteiger partial charge in [-0.25, -0.2) is 0 Å². The summed E-state index contributed by atoms with van der Waals surface area (Å²) < 4.78 is 35.4. The zero-order chi connectivity index (χ0) is 11.3. The van der Waals surface area contributed by atoms with Crippen molar-refractivity contribution in [3.63, 3.8) is 0 Å². The highest BCUT2D eigenvalue weighted by molar-refractivity contribution is 5.79. The first-order valence-corrected chi connectivity index (χ1v) is 4.60. The molecule has 1 aromatic carbocycles. The van der Waals surface area contributed by atoms with E-state index in [1.54, 1.807) is 24.3 Å². The van der Waals surface area contributed by atoms with Crippen LogP contribution in [0.25, 0.3) is 0 Å². The molecule has 0 heterocycles. The standard InChI is InChI=1S/C11H11F3O/c12-11(13,14)8-10(15)7-6-9-4-2-1-3-5-9/h1-5H,6-8H2. The first-order chi connectivity index (χ1) is 6.97. The summed E-state index contributed by atoms with van der Waals surface area (Å²) in [5.41, 5.74) is 0.882. The largest absolute Gasteiger partial charge is 0.395 e. The maximum Gasteiger partial charge on any atom is 0.395 e. The molecule has 0 fully saturated rings. The lowest BCUT2D eigenvalue weighted by atomic mass is 10.1. The average Bonchev–Trinajstić information content (AvgIpc) is 2.14. The molecule has 0 radical (unpaired) electrons. The van der Waals surface area contributed by atoms with Crippen LogP contribution in [0.2, 0.25) is 0 Å². The minimum atomic E-state index is -4.38. The van der Waals surface area contributed by atoms with Crippen LogP contribution in [0.1, 0.15) is 18.4 Å². The summed E-state index contributed by atoms with van der Waals surface area (Å²) in [6, 6.07) is 9.00. The zero-order valence-electron chi connectivity index (χ0n) is 8.05. The summed E-state index contributed by atoms with van der Waals surface area (Å²) in [5, 5.41) is 0. The van der Waals surface area contributed by atoms with E-state index in [0.717, 1.165) is 5.56 Å². The molecule has 0 aliphatic carbocycles. The molecule has 0 aromatic heterocycles. The van der Waals surface area contributed by atoms with Gasteiger partial charge >= 0.3 is 6.18 Å². The Balaban J connectivity index is 2.35. The Hall–Kier alpha value is -1.32. The van der Waals surface area contributed by atoms with Crippen LogP contribution in [0.5, 0.6) is 0 Å². The predicted octanol–water partition coefficient (Wildman–Crippen LogP) is 3.14. The van der Waals surface area contributed by atoms with E-state index in [4.69, 9.17) is 0 Å². The molecule has 0 spiro atoms. The average molecular weight is 216 g/mol. The van der Waals surface area contributed by atoms with Crippen LogP contribution in [0.15, 0.2) is 30.3 Å². The Kier molecular flexibility index (Phi) is 3.88. The Morgan fingerprint density at radius 3 is 2.27 bits per heavy atom. The Labute approximate surface area is 85.9 Å². The molecule has 15 heavy (non-hydrogen) atoms. The number of carbonyl (C=O) groups excluding carboxylic acids is 1. The summed E-state index contributed by atoms with van der Waals surface area (Å²) in [6.45, 7) is 0. The van der Waals surface area contributed by atoms with Gasteiger partial charge in [-0.3, -0.25) is 4.79 Å². The third-order valence-electron chi connectivity index (χ3n) is 1.93. The molecule has 0 bridgehead atoms. The fourth-order valence-electron chi connectivity index (χ4n) is 1.24. The third kappa shape index (κ3) is 5.20. The second-order valence-electron chi connectivity index (χ2n) is 3.32. The first-order valence-electron chi connectivity index (χ1n) is 4.60. The number of Topliss-reactive ketones (excluding diaryl/α,β-unsaturated/α-hetero) is 1. The lowest BCUT2D eigenvalue weighted by Gasteiger charge is -2.04. The van der Waals surface area contributed by atoms with Crippen molar-refractivity contribution < 1.29 is 18.0 Å². The van der Waals surface area contributed by atoms with E-state index >= 15 is 0 Å². The summed E-state index contributed by atoms with van der Waals surface area (Å²) in [4.78, 5) is 10.9. The van der Waals surface area contributed by atoms with Gasteiger partial charge in [0.15, 0.2) is 0 Å². The normalized spacial score (nSPS) is 11.4. The second kappa shape index (κ2) is 4.96. The highest BCUT2D eigenvalue weighted by atomic mass is 19.4. The van der Waals surface area contributed by atoms with Crippen LogP contribution in [0, 0.1) is 0 Å². The van der Waals surface area contributed by atoms with Gasteiger partial charge < -0.3 is 0 Å². The van der Waals surface area contributed by atoms with Crippen molar-refractivity contribution in [1.82, 2.24) is 0 Å². The van der Waals surface area contributed by atoms with Crippen LogP contribution >= 0.6 is 0 Å². The van der Waals surface area contributed by atoms with Crippen LogP contribution in [0.4, 0.5) is 13.2 Å². The van der Waals surface area contributed by atoms with Crippen LogP contribution in [-0.4, -0.2) is 12.0 Å². The van der Waals surface area contributed by atoms with E-state index in [2.05, 4.69) is 0 Å². The number of carbonyl (C=O) groups is 1. The van der Waals surface area contributed by atoms with E-state index in [9.17, 15) is 18.0 Å². The van der Waals surface area contributed by atoms with Gasteiger partial charge in [-0.1, -0.05) is 30.3 Å². The molecule has 1 aromatic rings. The second-order valence-corrected chi connectivity index (χ2v) is 3.32. The molecule has 4 heteroatoms. The minimum Gasteiger partial charge on any atom is -0.299 e. The topological polar surface area (TPSA) is 17.1 Å². The molecule has 0 N–H and O–H groups in total. The van der Waals surface area contributed by atoms with Gasteiger partial charge in [0.05, 0.1) is 0 Å². The molecule has 0 saturated carbocycles. The fraction of sp³-hybridized carbons (Fsp3) is 0.364. The van der Waals surface area contributed by atoms with Crippen molar-refractivity contribution in [1.29, 1.82) is 0 Å². The van der Waals surface area contributed by atoms with Gasteiger partial charge in [-0.2, -0.15) is 13.2 Å². The number of rotatable bonds is 4. The smallest absolute Gasteiger partial charge is 0.299 e. The molecule has 0 saturated heterocycles. The highest BCUT2D eigenvalue weighted by Gasteiger charge is 2.30. The highest BCUT2D eigenvalue weighted by Crippen LogP contribution is 2.20. The molecule has 0 atom stereocenters. The van der Waals surface area contributed by atoms with Crippen molar-refractivity contribution in [3.05, 3.63) is 35.9 Å². The van der Waals surface area contributed by atoms with Crippen molar-refractivity contribution >= 4 is 5.78 Å². The number of hydrogen-bond acceptors (Lipinski definition) is 1. The molecule has 82 valence electrons. The number of ketones is 1. The molecule has 0 unspecified atom stereocenters. The zero-order valence-corrected chi connectivity index (χ0v) is 8.05. The summed E-state index contributed by atoms with van der Waals surface area (Å²) in [7, 11) is 0. The van der Waals surface area contributed by atoms with Crippen molar-refractivity contribution in [2.75, 3.05) is 0 Å². The van der Waals surface area contributed by atoms with E-state index < -0.39 is 18.4 Å². The number of hydrogen-bond donors (Lipinski definition) is 0. The van der Waals surface area contributed by atoms with Crippen molar-refractivity contribution in [2.24, 2.45) is 0 Å². The maximum absolute atomic E-state index is 11.8. The number of aryl methyl sites for hydroxylation is 1. The lowest BCUT2D eigenvalue weighted by Crippen LogP contribution is -2.15.